The third-order valence-electron chi connectivity index (χ3n) is 5.24. The van der Waals surface area contributed by atoms with Crippen molar-refractivity contribution in [2.45, 2.75) is 6.42 Å². The summed E-state index contributed by atoms with van der Waals surface area (Å²) in [6, 6.07) is 8.52. The minimum atomic E-state index is 0.914. The summed E-state index contributed by atoms with van der Waals surface area (Å²) in [5.41, 5.74) is 4.94. The first-order valence-electron chi connectivity index (χ1n) is 8.78. The van der Waals surface area contributed by atoms with Crippen LogP contribution in [0.1, 0.15) is 12.0 Å². The number of fused-ring (bicyclic) bond motifs is 2. The third-order valence-corrected chi connectivity index (χ3v) is 5.68. The fourth-order valence-electron chi connectivity index (χ4n) is 3.75. The molecule has 24 heavy (non-hydrogen) atoms. The molecule has 1 saturated heterocycles. The second-order valence-electron chi connectivity index (χ2n) is 6.79. The molecule has 2 heterocycles. The minimum Gasteiger partial charge on any atom is -0.339 e. The maximum Gasteiger partial charge on any atom is 0.0555 e. The van der Waals surface area contributed by atoms with E-state index in [1.165, 1.54) is 35.6 Å². The summed E-state index contributed by atoms with van der Waals surface area (Å²) in [7, 11) is 2.20. The monoisotopic (exact) mass is 341 g/mol. The molecule has 4 rings (SSSR count). The van der Waals surface area contributed by atoms with Crippen molar-refractivity contribution in [3.63, 3.8) is 0 Å². The largest absolute Gasteiger partial charge is 0.339 e. The zero-order valence-corrected chi connectivity index (χ0v) is 15.0. The van der Waals surface area contributed by atoms with E-state index in [0.29, 0.717) is 0 Å². The lowest BCUT2D eigenvalue weighted by molar-refractivity contribution is 0.157. The van der Waals surface area contributed by atoms with Gasteiger partial charge in [0.25, 0.3) is 0 Å². The van der Waals surface area contributed by atoms with Crippen LogP contribution in [0.5, 0.6) is 0 Å². The van der Waals surface area contributed by atoms with Crippen LogP contribution in [0, 0.1) is 0 Å². The maximum absolute atomic E-state index is 6.71. The second-order valence-corrected chi connectivity index (χ2v) is 7.17. The lowest BCUT2D eigenvalue weighted by Crippen LogP contribution is -2.47. The van der Waals surface area contributed by atoms with Crippen LogP contribution in [-0.4, -0.2) is 56.1 Å². The summed E-state index contributed by atoms with van der Waals surface area (Å²) in [4.78, 5) is 7.43. The van der Waals surface area contributed by atoms with Crippen LogP contribution in [0.3, 0.4) is 0 Å². The Morgan fingerprint density at radius 3 is 2.67 bits per heavy atom. The number of halogens is 1. The third kappa shape index (κ3) is 2.92. The van der Waals surface area contributed by atoms with Crippen LogP contribution < -0.4 is 4.90 Å². The van der Waals surface area contributed by atoms with Crippen LogP contribution >= 0.6 is 11.6 Å². The molecule has 0 bridgehead atoms. The van der Waals surface area contributed by atoms with Crippen molar-refractivity contribution in [2.24, 2.45) is 0 Å². The number of benzene rings is 1. The van der Waals surface area contributed by atoms with Crippen molar-refractivity contribution in [3.8, 4) is 0 Å². The molecule has 3 aliphatic rings. The molecule has 1 aromatic rings. The molecule has 1 fully saturated rings. The van der Waals surface area contributed by atoms with Gasteiger partial charge < -0.3 is 9.80 Å². The highest BCUT2D eigenvalue weighted by Crippen LogP contribution is 2.44. The molecule has 4 heteroatoms. The summed E-state index contributed by atoms with van der Waals surface area (Å²) in [6.45, 7) is 6.75. The van der Waals surface area contributed by atoms with Gasteiger partial charge in [-0.1, -0.05) is 42.0 Å². The average molecular weight is 342 g/mol. The SMILES string of the molecule is CN1CCN(CCN2C3=CC=CCC3=C(Cl)c3ccccc32)CC1. The van der Waals surface area contributed by atoms with E-state index in [9.17, 15) is 0 Å². The normalized spacial score (nSPS) is 21.6. The molecule has 1 aromatic carbocycles. The number of piperazine rings is 1. The van der Waals surface area contributed by atoms with Crippen LogP contribution in [0.25, 0.3) is 5.03 Å². The van der Waals surface area contributed by atoms with Gasteiger partial charge in [0.1, 0.15) is 0 Å². The summed E-state index contributed by atoms with van der Waals surface area (Å²) < 4.78 is 0. The van der Waals surface area contributed by atoms with Crippen molar-refractivity contribution in [3.05, 3.63) is 59.3 Å². The van der Waals surface area contributed by atoms with Gasteiger partial charge in [-0.2, -0.15) is 0 Å². The molecule has 0 radical (unpaired) electrons. The van der Waals surface area contributed by atoms with Crippen molar-refractivity contribution in [1.82, 2.24) is 9.80 Å². The highest BCUT2D eigenvalue weighted by molar-refractivity contribution is 6.50. The Kier molecular flexibility index (Phi) is 4.49. The fourth-order valence-corrected chi connectivity index (χ4v) is 4.08. The van der Waals surface area contributed by atoms with E-state index in [4.69, 9.17) is 11.6 Å². The molecule has 3 nitrogen and oxygen atoms in total. The first kappa shape index (κ1) is 15.9. The number of rotatable bonds is 3. The van der Waals surface area contributed by atoms with Gasteiger partial charge in [-0.15, -0.1) is 0 Å². The van der Waals surface area contributed by atoms with Gasteiger partial charge in [-0.05, 0) is 31.2 Å². The highest BCUT2D eigenvalue weighted by Gasteiger charge is 2.28. The first-order chi connectivity index (χ1) is 11.7. The van der Waals surface area contributed by atoms with Gasteiger partial charge in [0.2, 0.25) is 0 Å². The van der Waals surface area contributed by atoms with E-state index in [1.54, 1.807) is 0 Å². The lowest BCUT2D eigenvalue weighted by Gasteiger charge is -2.38. The van der Waals surface area contributed by atoms with E-state index in [-0.39, 0.29) is 0 Å². The molecule has 0 saturated carbocycles. The molecular weight excluding hydrogens is 318 g/mol. The van der Waals surface area contributed by atoms with Gasteiger partial charge >= 0.3 is 0 Å². The Hall–Kier alpha value is -1.55. The van der Waals surface area contributed by atoms with Crippen LogP contribution in [0.15, 0.2) is 53.8 Å². The Morgan fingerprint density at radius 1 is 1.04 bits per heavy atom. The molecule has 1 aliphatic carbocycles. The van der Waals surface area contributed by atoms with Crippen molar-refractivity contribution < 1.29 is 0 Å². The molecule has 0 aromatic heterocycles. The molecule has 2 aliphatic heterocycles. The van der Waals surface area contributed by atoms with Gasteiger partial charge in [-0.25, -0.2) is 0 Å². The Labute approximate surface area is 149 Å². The summed E-state index contributed by atoms with van der Waals surface area (Å²) in [5.74, 6) is 0. The number of para-hydroxylation sites is 1. The van der Waals surface area contributed by atoms with Crippen LogP contribution in [-0.2, 0) is 0 Å². The quantitative estimate of drug-likeness (QED) is 0.832. The first-order valence-corrected chi connectivity index (χ1v) is 9.15. The fraction of sp³-hybridized carbons (Fsp3) is 0.400. The molecule has 126 valence electrons. The molecule has 0 unspecified atom stereocenters. The van der Waals surface area contributed by atoms with Crippen LogP contribution in [0.4, 0.5) is 5.69 Å². The number of likely N-dealkylation sites (N-methyl/N-ethyl adjacent to an activating group) is 1. The van der Waals surface area contributed by atoms with E-state index in [2.05, 4.69) is 64.2 Å². The zero-order valence-electron chi connectivity index (χ0n) is 14.2. The number of anilines is 1. The number of hydrogen-bond acceptors (Lipinski definition) is 3. The Morgan fingerprint density at radius 2 is 1.83 bits per heavy atom. The zero-order chi connectivity index (χ0) is 16.5. The molecule has 0 spiro atoms. The van der Waals surface area contributed by atoms with Gasteiger partial charge in [-0.3, -0.25) is 4.90 Å². The average Bonchev–Trinajstić information content (AvgIpc) is 2.63. The van der Waals surface area contributed by atoms with Gasteiger partial charge in [0.05, 0.1) is 5.03 Å². The van der Waals surface area contributed by atoms with Crippen molar-refractivity contribution in [2.75, 3.05) is 51.2 Å². The number of hydrogen-bond donors (Lipinski definition) is 0. The summed E-state index contributed by atoms with van der Waals surface area (Å²) >= 11 is 6.71. The second kappa shape index (κ2) is 6.75. The van der Waals surface area contributed by atoms with Crippen LogP contribution in [0.2, 0.25) is 0 Å². The van der Waals surface area contributed by atoms with Crippen molar-refractivity contribution in [1.29, 1.82) is 0 Å². The van der Waals surface area contributed by atoms with Crippen molar-refractivity contribution >= 4 is 22.3 Å². The summed E-state index contributed by atoms with van der Waals surface area (Å²) in [5, 5.41) is 0.914. The minimum absolute atomic E-state index is 0.914. The van der Waals surface area contributed by atoms with E-state index >= 15 is 0 Å². The molecule has 0 atom stereocenters. The number of nitrogens with zero attached hydrogens (tertiary/aromatic N) is 3. The van der Waals surface area contributed by atoms with Gasteiger partial charge in [0, 0.05) is 56.2 Å². The van der Waals surface area contributed by atoms with Gasteiger partial charge in [0.15, 0.2) is 0 Å². The predicted molar refractivity (Wildman–Crippen MR) is 102 cm³/mol. The molecule has 0 N–H and O–H groups in total. The van der Waals surface area contributed by atoms with E-state index in [1.807, 2.05) is 0 Å². The van der Waals surface area contributed by atoms with E-state index in [0.717, 1.165) is 37.6 Å². The standard InChI is InChI=1S/C20H24ClN3/c1-22-10-12-23(13-11-22)14-15-24-18-8-4-2-6-16(18)20(21)17-7-3-5-9-19(17)24/h2-6,8-9H,7,10-15H2,1H3. The topological polar surface area (TPSA) is 9.72 Å². The molecular formula is C20H24ClN3. The maximum atomic E-state index is 6.71. The Bertz CT molecular complexity index is 711. The Balaban J connectivity index is 1.59. The highest BCUT2D eigenvalue weighted by atomic mass is 35.5. The number of allylic oxidation sites excluding steroid dienone is 4. The smallest absolute Gasteiger partial charge is 0.0555 e. The predicted octanol–water partition coefficient (Wildman–Crippen LogP) is 3.55. The van der Waals surface area contributed by atoms with E-state index < -0.39 is 0 Å². The molecule has 0 amide bonds. The summed E-state index contributed by atoms with van der Waals surface area (Å²) in [6.07, 6.45) is 7.47. The lowest BCUT2D eigenvalue weighted by atomic mass is 9.94.